The summed E-state index contributed by atoms with van der Waals surface area (Å²) >= 11 is 0. The molecule has 1 aliphatic rings. The molecule has 66 valence electrons. The summed E-state index contributed by atoms with van der Waals surface area (Å²) in [6, 6.07) is 0.897. The summed E-state index contributed by atoms with van der Waals surface area (Å²) < 4.78 is 0. The Labute approximate surface area is 70.8 Å². The van der Waals surface area contributed by atoms with Gasteiger partial charge in [0.2, 0.25) is 0 Å². The largest absolute Gasteiger partial charge is 0.300 e. The van der Waals surface area contributed by atoms with Crippen molar-refractivity contribution in [1.29, 1.82) is 0 Å². The van der Waals surface area contributed by atoms with E-state index in [0.29, 0.717) is 5.41 Å². The Morgan fingerprint density at radius 1 is 1.36 bits per heavy atom. The standard InChI is InChI=1S/C10H21N/c1-5-9-6-7-11(9)8-10(2,3)4/h9H,5-8H2,1-4H3/t9-/m0/s1. The molecule has 0 aromatic rings. The number of hydrogen-bond donors (Lipinski definition) is 0. The molecule has 1 fully saturated rings. The lowest BCUT2D eigenvalue weighted by atomic mass is 9.91. The topological polar surface area (TPSA) is 3.24 Å². The summed E-state index contributed by atoms with van der Waals surface area (Å²) in [4.78, 5) is 2.61. The van der Waals surface area contributed by atoms with Crippen LogP contribution in [-0.4, -0.2) is 24.0 Å². The second-order valence-corrected chi connectivity index (χ2v) is 4.88. The molecule has 0 amide bonds. The minimum Gasteiger partial charge on any atom is -0.300 e. The third kappa shape index (κ3) is 2.48. The van der Waals surface area contributed by atoms with Crippen LogP contribution in [0.4, 0.5) is 0 Å². The van der Waals surface area contributed by atoms with Crippen molar-refractivity contribution in [3.8, 4) is 0 Å². The fourth-order valence-electron chi connectivity index (χ4n) is 1.77. The molecule has 0 radical (unpaired) electrons. The molecule has 0 bridgehead atoms. The fraction of sp³-hybridized carbons (Fsp3) is 1.00. The van der Waals surface area contributed by atoms with Crippen LogP contribution < -0.4 is 0 Å². The maximum atomic E-state index is 2.61. The van der Waals surface area contributed by atoms with E-state index in [9.17, 15) is 0 Å². The molecule has 0 aromatic heterocycles. The highest BCUT2D eigenvalue weighted by Gasteiger charge is 2.29. The van der Waals surface area contributed by atoms with Gasteiger partial charge in [0.05, 0.1) is 0 Å². The predicted octanol–water partition coefficient (Wildman–Crippen LogP) is 2.52. The quantitative estimate of drug-likeness (QED) is 0.592. The molecule has 1 nitrogen and oxygen atoms in total. The zero-order chi connectivity index (χ0) is 8.48. The fourth-order valence-corrected chi connectivity index (χ4v) is 1.77. The molecule has 11 heavy (non-hydrogen) atoms. The van der Waals surface area contributed by atoms with E-state index in [2.05, 4.69) is 32.6 Å². The molecular formula is C10H21N. The van der Waals surface area contributed by atoms with Gasteiger partial charge in [0.15, 0.2) is 0 Å². The van der Waals surface area contributed by atoms with Gasteiger partial charge < -0.3 is 0 Å². The second kappa shape index (κ2) is 3.14. The molecule has 1 saturated heterocycles. The summed E-state index contributed by atoms with van der Waals surface area (Å²) in [5, 5.41) is 0. The van der Waals surface area contributed by atoms with Gasteiger partial charge in [0, 0.05) is 12.6 Å². The first kappa shape index (κ1) is 9.05. The molecule has 1 rings (SSSR count). The van der Waals surface area contributed by atoms with Crippen molar-refractivity contribution in [3.05, 3.63) is 0 Å². The first-order valence-corrected chi connectivity index (χ1v) is 4.77. The van der Waals surface area contributed by atoms with Gasteiger partial charge in [-0.3, -0.25) is 4.90 Å². The van der Waals surface area contributed by atoms with Crippen molar-refractivity contribution in [2.75, 3.05) is 13.1 Å². The van der Waals surface area contributed by atoms with Crippen LogP contribution in [-0.2, 0) is 0 Å². The van der Waals surface area contributed by atoms with Crippen LogP contribution >= 0.6 is 0 Å². The molecule has 1 atom stereocenters. The second-order valence-electron chi connectivity index (χ2n) is 4.88. The van der Waals surface area contributed by atoms with Crippen molar-refractivity contribution >= 4 is 0 Å². The lowest BCUT2D eigenvalue weighted by Crippen LogP contribution is -2.50. The van der Waals surface area contributed by atoms with E-state index in [-0.39, 0.29) is 0 Å². The smallest absolute Gasteiger partial charge is 0.0105 e. The molecule has 0 unspecified atom stereocenters. The summed E-state index contributed by atoms with van der Waals surface area (Å²) in [6.07, 6.45) is 2.75. The zero-order valence-electron chi connectivity index (χ0n) is 8.35. The number of hydrogen-bond acceptors (Lipinski definition) is 1. The predicted molar refractivity (Wildman–Crippen MR) is 49.7 cm³/mol. The summed E-state index contributed by atoms with van der Waals surface area (Å²) in [6.45, 7) is 11.8. The van der Waals surface area contributed by atoms with Crippen molar-refractivity contribution < 1.29 is 0 Å². The van der Waals surface area contributed by atoms with Gasteiger partial charge in [-0.2, -0.15) is 0 Å². The Morgan fingerprint density at radius 2 is 2.00 bits per heavy atom. The highest BCUT2D eigenvalue weighted by Crippen LogP contribution is 2.25. The van der Waals surface area contributed by atoms with Crippen LogP contribution in [0.1, 0.15) is 40.5 Å². The monoisotopic (exact) mass is 155 g/mol. The van der Waals surface area contributed by atoms with Gasteiger partial charge in [-0.25, -0.2) is 0 Å². The van der Waals surface area contributed by atoms with Crippen LogP contribution in [0.5, 0.6) is 0 Å². The van der Waals surface area contributed by atoms with E-state index in [1.807, 2.05) is 0 Å². The van der Waals surface area contributed by atoms with Gasteiger partial charge in [-0.05, 0) is 24.8 Å². The van der Waals surface area contributed by atoms with Gasteiger partial charge in [-0.15, -0.1) is 0 Å². The van der Waals surface area contributed by atoms with E-state index in [0.717, 1.165) is 6.04 Å². The van der Waals surface area contributed by atoms with Crippen LogP contribution in [0.3, 0.4) is 0 Å². The minimum absolute atomic E-state index is 0.480. The van der Waals surface area contributed by atoms with Crippen molar-refractivity contribution in [2.45, 2.75) is 46.6 Å². The highest BCUT2D eigenvalue weighted by atomic mass is 15.2. The molecule has 0 N–H and O–H groups in total. The van der Waals surface area contributed by atoms with Crippen LogP contribution in [0.2, 0.25) is 0 Å². The molecule has 0 aromatic carbocycles. The molecular weight excluding hydrogens is 134 g/mol. The summed E-state index contributed by atoms with van der Waals surface area (Å²) in [7, 11) is 0. The van der Waals surface area contributed by atoms with E-state index in [4.69, 9.17) is 0 Å². The number of rotatable bonds is 2. The summed E-state index contributed by atoms with van der Waals surface area (Å²) in [5.41, 5.74) is 0.480. The van der Waals surface area contributed by atoms with Gasteiger partial charge in [-0.1, -0.05) is 27.7 Å². The number of likely N-dealkylation sites (tertiary alicyclic amines) is 1. The molecule has 1 aliphatic heterocycles. The third-order valence-electron chi connectivity index (χ3n) is 2.41. The first-order valence-electron chi connectivity index (χ1n) is 4.77. The van der Waals surface area contributed by atoms with Crippen molar-refractivity contribution in [2.24, 2.45) is 5.41 Å². The average Bonchev–Trinajstić information content (AvgIpc) is 1.80. The van der Waals surface area contributed by atoms with Crippen LogP contribution in [0, 0.1) is 5.41 Å². The Balaban J connectivity index is 2.27. The van der Waals surface area contributed by atoms with E-state index in [1.165, 1.54) is 25.9 Å². The summed E-state index contributed by atoms with van der Waals surface area (Å²) in [5.74, 6) is 0. The Bertz CT molecular complexity index is 121. The maximum absolute atomic E-state index is 2.61. The Hall–Kier alpha value is -0.0400. The highest BCUT2D eigenvalue weighted by molar-refractivity contribution is 4.84. The van der Waals surface area contributed by atoms with E-state index >= 15 is 0 Å². The van der Waals surface area contributed by atoms with Crippen molar-refractivity contribution in [3.63, 3.8) is 0 Å². The lowest BCUT2D eigenvalue weighted by Gasteiger charge is -2.44. The minimum atomic E-state index is 0.480. The van der Waals surface area contributed by atoms with Crippen LogP contribution in [0.25, 0.3) is 0 Å². The molecule has 0 aliphatic carbocycles. The third-order valence-corrected chi connectivity index (χ3v) is 2.41. The Morgan fingerprint density at radius 3 is 2.27 bits per heavy atom. The van der Waals surface area contributed by atoms with Crippen molar-refractivity contribution in [1.82, 2.24) is 4.90 Å². The lowest BCUT2D eigenvalue weighted by molar-refractivity contribution is 0.0514. The van der Waals surface area contributed by atoms with E-state index < -0.39 is 0 Å². The normalized spacial score (nSPS) is 26.7. The van der Waals surface area contributed by atoms with E-state index in [1.54, 1.807) is 0 Å². The van der Waals surface area contributed by atoms with Gasteiger partial charge in [0.1, 0.15) is 0 Å². The average molecular weight is 155 g/mol. The molecule has 1 heterocycles. The Kier molecular flexibility index (Phi) is 2.58. The molecule has 0 spiro atoms. The molecule has 0 saturated carbocycles. The SMILES string of the molecule is CC[C@H]1CCN1CC(C)(C)C. The maximum Gasteiger partial charge on any atom is 0.0105 e. The van der Waals surface area contributed by atoms with Gasteiger partial charge in [0.25, 0.3) is 0 Å². The number of nitrogens with zero attached hydrogens (tertiary/aromatic N) is 1. The van der Waals surface area contributed by atoms with Gasteiger partial charge >= 0.3 is 0 Å². The first-order chi connectivity index (χ1) is 5.03. The zero-order valence-corrected chi connectivity index (χ0v) is 8.35. The molecule has 1 heteroatoms. The van der Waals surface area contributed by atoms with Crippen LogP contribution in [0.15, 0.2) is 0 Å².